The molecule has 9 heteroatoms. The van der Waals surface area contributed by atoms with E-state index in [-0.39, 0.29) is 17.5 Å². The van der Waals surface area contributed by atoms with Gasteiger partial charge in [0.05, 0.1) is 6.07 Å². The lowest BCUT2D eigenvalue weighted by Crippen LogP contribution is -1.83. The van der Waals surface area contributed by atoms with Gasteiger partial charge in [-0.25, -0.2) is 0 Å². The van der Waals surface area contributed by atoms with Crippen molar-refractivity contribution < 1.29 is 13.9 Å². The van der Waals surface area contributed by atoms with Gasteiger partial charge in [0.25, 0.3) is 5.89 Å². The first-order chi connectivity index (χ1) is 7.58. The number of hydrogen-bond donors (Lipinski definition) is 0. The quantitative estimate of drug-likeness (QED) is 0.480. The molecular formula is C7H3Cl2N3O4. The van der Waals surface area contributed by atoms with E-state index < -0.39 is 15.6 Å². The van der Waals surface area contributed by atoms with Crippen LogP contribution in [0.4, 0.5) is 5.88 Å². The molecule has 7 nitrogen and oxygen atoms in total. The van der Waals surface area contributed by atoms with Gasteiger partial charge >= 0.3 is 5.88 Å². The molecule has 0 aromatic carbocycles. The van der Waals surface area contributed by atoms with Crippen LogP contribution in [0.2, 0.25) is 0 Å². The molecule has 0 saturated carbocycles. The van der Waals surface area contributed by atoms with Gasteiger partial charge in [-0.05, 0) is 6.07 Å². The van der Waals surface area contributed by atoms with E-state index in [4.69, 9.17) is 32.1 Å². The molecule has 0 fully saturated rings. The summed E-state index contributed by atoms with van der Waals surface area (Å²) in [5, 5.41) is 13.9. The van der Waals surface area contributed by atoms with Crippen molar-refractivity contribution in [3.05, 3.63) is 28.1 Å². The molecule has 2 rings (SSSR count). The fourth-order valence-electron chi connectivity index (χ4n) is 0.970. The number of aromatic nitrogens is 2. The van der Waals surface area contributed by atoms with E-state index in [2.05, 4.69) is 10.1 Å². The zero-order valence-electron chi connectivity index (χ0n) is 7.46. The normalized spacial score (nSPS) is 10.9. The van der Waals surface area contributed by atoms with Crippen molar-refractivity contribution in [2.24, 2.45) is 0 Å². The minimum atomic E-state index is -0.953. The van der Waals surface area contributed by atoms with Crippen molar-refractivity contribution in [1.29, 1.82) is 0 Å². The SMILES string of the molecule is O=[N+]([O-])c1ccc(-c2noc(C(Cl)Cl)n2)o1. The summed E-state index contributed by atoms with van der Waals surface area (Å²) >= 11 is 11.0. The van der Waals surface area contributed by atoms with Gasteiger partial charge in [0.1, 0.15) is 4.92 Å². The first-order valence-electron chi connectivity index (χ1n) is 3.94. The molecule has 0 aliphatic heterocycles. The standard InChI is InChI=1S/C7H3Cl2N3O4/c8-5(9)7-10-6(11-16-7)3-1-2-4(15-3)12(13)14/h1-2,5H. The largest absolute Gasteiger partial charge is 0.433 e. The van der Waals surface area contributed by atoms with E-state index in [1.807, 2.05) is 0 Å². The Morgan fingerprint density at radius 2 is 2.19 bits per heavy atom. The monoisotopic (exact) mass is 263 g/mol. The molecule has 2 aromatic heterocycles. The van der Waals surface area contributed by atoms with Crippen LogP contribution in [0.25, 0.3) is 11.6 Å². The van der Waals surface area contributed by atoms with Gasteiger partial charge in [0.2, 0.25) is 5.82 Å². The minimum Gasteiger partial charge on any atom is -0.397 e. The summed E-state index contributed by atoms with van der Waals surface area (Å²) in [6, 6.07) is 2.54. The zero-order chi connectivity index (χ0) is 11.7. The smallest absolute Gasteiger partial charge is 0.397 e. The Labute approximate surface area is 98.1 Å². The summed E-state index contributed by atoms with van der Waals surface area (Å²) in [5.41, 5.74) is 0. The predicted molar refractivity (Wildman–Crippen MR) is 53.1 cm³/mol. The highest BCUT2D eigenvalue weighted by Crippen LogP contribution is 2.27. The summed E-state index contributed by atoms with van der Waals surface area (Å²) in [7, 11) is 0. The second-order valence-corrected chi connectivity index (χ2v) is 3.75. The number of halogens is 2. The van der Waals surface area contributed by atoms with Crippen LogP contribution < -0.4 is 0 Å². The van der Waals surface area contributed by atoms with Crippen LogP contribution in [0.3, 0.4) is 0 Å². The second-order valence-electron chi connectivity index (χ2n) is 2.65. The van der Waals surface area contributed by atoms with Gasteiger partial charge in [-0.15, -0.1) is 0 Å². The maximum absolute atomic E-state index is 10.4. The molecule has 2 aromatic rings. The zero-order valence-corrected chi connectivity index (χ0v) is 8.97. The topological polar surface area (TPSA) is 95.2 Å². The number of alkyl halides is 2. The van der Waals surface area contributed by atoms with E-state index in [0.717, 1.165) is 0 Å². The van der Waals surface area contributed by atoms with Crippen LogP contribution in [0.5, 0.6) is 0 Å². The molecule has 84 valence electrons. The summed E-state index contributed by atoms with van der Waals surface area (Å²) in [5.74, 6) is -0.253. The van der Waals surface area contributed by atoms with Crippen LogP contribution in [0, 0.1) is 10.1 Å². The van der Waals surface area contributed by atoms with Crippen LogP contribution in [-0.4, -0.2) is 15.1 Å². The van der Waals surface area contributed by atoms with Crippen LogP contribution in [0.1, 0.15) is 10.7 Å². The Morgan fingerprint density at radius 1 is 1.44 bits per heavy atom. The molecule has 0 N–H and O–H groups in total. The molecule has 0 bridgehead atoms. The van der Waals surface area contributed by atoms with Crippen molar-refractivity contribution in [2.45, 2.75) is 4.84 Å². The van der Waals surface area contributed by atoms with Gasteiger partial charge in [0, 0.05) is 0 Å². The maximum Gasteiger partial charge on any atom is 0.433 e. The molecular weight excluding hydrogens is 261 g/mol. The summed E-state index contributed by atoms with van der Waals surface area (Å²) < 4.78 is 9.55. The van der Waals surface area contributed by atoms with Gasteiger partial charge in [0.15, 0.2) is 10.6 Å². The molecule has 0 amide bonds. The van der Waals surface area contributed by atoms with Crippen molar-refractivity contribution in [1.82, 2.24) is 10.1 Å². The van der Waals surface area contributed by atoms with Gasteiger partial charge in [-0.3, -0.25) is 10.1 Å². The van der Waals surface area contributed by atoms with Crippen LogP contribution >= 0.6 is 23.2 Å². The number of nitro groups is 1. The molecule has 2 heterocycles. The molecule has 0 aliphatic carbocycles. The highest BCUT2D eigenvalue weighted by molar-refractivity contribution is 6.43. The van der Waals surface area contributed by atoms with Gasteiger partial charge < -0.3 is 8.94 Å². The fraction of sp³-hybridized carbons (Fsp3) is 0.143. The van der Waals surface area contributed by atoms with Crippen molar-refractivity contribution in [2.75, 3.05) is 0 Å². The Morgan fingerprint density at radius 3 is 2.69 bits per heavy atom. The lowest BCUT2D eigenvalue weighted by molar-refractivity contribution is -0.401. The van der Waals surface area contributed by atoms with Crippen molar-refractivity contribution >= 4 is 29.1 Å². The first kappa shape index (κ1) is 10.9. The Kier molecular flexibility index (Phi) is 2.80. The van der Waals surface area contributed by atoms with E-state index in [1.54, 1.807) is 0 Å². The lowest BCUT2D eigenvalue weighted by atomic mass is 10.4. The maximum atomic E-state index is 10.4. The molecule has 0 saturated heterocycles. The fourth-order valence-corrected chi connectivity index (χ4v) is 1.15. The molecule has 0 spiro atoms. The molecule has 0 radical (unpaired) electrons. The third-order valence-corrected chi connectivity index (χ3v) is 1.99. The average molecular weight is 264 g/mol. The second kappa shape index (κ2) is 4.11. The number of rotatable bonds is 3. The highest BCUT2D eigenvalue weighted by Gasteiger charge is 2.19. The van der Waals surface area contributed by atoms with E-state index in [1.165, 1.54) is 12.1 Å². The van der Waals surface area contributed by atoms with Crippen LogP contribution in [-0.2, 0) is 0 Å². The van der Waals surface area contributed by atoms with Gasteiger partial charge in [-0.2, -0.15) is 4.98 Å². The summed E-state index contributed by atoms with van der Waals surface area (Å²) in [4.78, 5) is 12.5. The van der Waals surface area contributed by atoms with Crippen LogP contribution in [0.15, 0.2) is 21.1 Å². The molecule has 16 heavy (non-hydrogen) atoms. The number of nitrogens with zero attached hydrogens (tertiary/aromatic N) is 3. The third-order valence-electron chi connectivity index (χ3n) is 1.62. The third kappa shape index (κ3) is 2.00. The van der Waals surface area contributed by atoms with E-state index >= 15 is 0 Å². The average Bonchev–Trinajstić information content (AvgIpc) is 2.86. The summed E-state index contributed by atoms with van der Waals surface area (Å²) in [6.07, 6.45) is 0. The summed E-state index contributed by atoms with van der Waals surface area (Å²) in [6.45, 7) is 0. The Bertz CT molecular complexity index is 521. The molecule has 0 aliphatic rings. The first-order valence-corrected chi connectivity index (χ1v) is 4.81. The number of hydrogen-bond acceptors (Lipinski definition) is 6. The Hall–Kier alpha value is -1.60. The van der Waals surface area contributed by atoms with Gasteiger partial charge in [-0.1, -0.05) is 28.4 Å². The molecule has 0 atom stereocenters. The van der Waals surface area contributed by atoms with E-state index in [9.17, 15) is 10.1 Å². The van der Waals surface area contributed by atoms with Crippen molar-refractivity contribution in [3.63, 3.8) is 0 Å². The highest BCUT2D eigenvalue weighted by atomic mass is 35.5. The molecule has 0 unspecified atom stereocenters. The van der Waals surface area contributed by atoms with E-state index in [0.29, 0.717) is 0 Å². The van der Waals surface area contributed by atoms with Crippen molar-refractivity contribution in [3.8, 4) is 11.6 Å². The predicted octanol–water partition coefficient (Wildman–Crippen LogP) is 2.71. The number of furan rings is 1. The Balaban J connectivity index is 2.31. The minimum absolute atomic E-state index is 0.00242. The lowest BCUT2D eigenvalue weighted by Gasteiger charge is -1.87.